The van der Waals surface area contributed by atoms with Crippen LogP contribution >= 0.6 is 15.9 Å². The molecule has 0 aromatic rings. The van der Waals surface area contributed by atoms with Crippen LogP contribution in [0.1, 0.15) is 0 Å². The van der Waals surface area contributed by atoms with Gasteiger partial charge in [-0.05, 0) is 0 Å². The van der Waals surface area contributed by atoms with Crippen LogP contribution in [0.2, 0.25) is 0 Å². The number of hydrogen-bond acceptors (Lipinski definition) is 2. The number of rotatable bonds is 2. The van der Waals surface area contributed by atoms with Gasteiger partial charge in [-0.2, -0.15) is 5.26 Å². The predicted octanol–water partition coefficient (Wildman–Crippen LogP) is 0.920. The highest BCUT2D eigenvalue weighted by molar-refractivity contribution is 9.09. The summed E-state index contributed by atoms with van der Waals surface area (Å²) >= 11 is 3.05. The molecular weight excluding hydrogens is 158 g/mol. The van der Waals surface area contributed by atoms with E-state index in [0.717, 1.165) is 0 Å². The van der Waals surface area contributed by atoms with Gasteiger partial charge in [-0.3, -0.25) is 0 Å². The summed E-state index contributed by atoms with van der Waals surface area (Å²) in [6.45, 7) is 0.455. The first kappa shape index (κ1) is 6.93. The second kappa shape index (κ2) is 4.10. The molecule has 0 aliphatic heterocycles. The van der Waals surface area contributed by atoms with Crippen molar-refractivity contribution in [2.75, 3.05) is 13.7 Å². The third-order valence-electron chi connectivity index (χ3n) is 0.453. The maximum atomic E-state index is 8.09. The Labute approximate surface area is 51.2 Å². The molecule has 0 aliphatic rings. The maximum absolute atomic E-state index is 8.09. The second-order valence-corrected chi connectivity index (χ2v) is 2.16. The summed E-state index contributed by atoms with van der Waals surface area (Å²) in [6, 6.07) is 1.96. The molecule has 0 bridgehead atoms. The van der Waals surface area contributed by atoms with Crippen molar-refractivity contribution in [1.29, 1.82) is 5.26 Å². The first-order valence-corrected chi connectivity index (χ1v) is 2.75. The Balaban J connectivity index is 3.04. The van der Waals surface area contributed by atoms with Crippen LogP contribution in [0.5, 0.6) is 0 Å². The van der Waals surface area contributed by atoms with Crippen LogP contribution in [0.4, 0.5) is 0 Å². The van der Waals surface area contributed by atoms with Crippen molar-refractivity contribution < 1.29 is 4.74 Å². The standard InChI is InChI=1S/C4H6BrNO/c1-7-3-4(5)2-6/h4H,3H2,1H3. The van der Waals surface area contributed by atoms with Gasteiger partial charge < -0.3 is 4.74 Å². The van der Waals surface area contributed by atoms with E-state index in [9.17, 15) is 0 Å². The first-order valence-electron chi connectivity index (χ1n) is 1.84. The molecule has 0 rings (SSSR count). The first-order chi connectivity index (χ1) is 3.31. The van der Waals surface area contributed by atoms with Crippen molar-refractivity contribution in [3.63, 3.8) is 0 Å². The molecular formula is C4H6BrNO. The number of halogens is 1. The third-order valence-corrected chi connectivity index (χ3v) is 0.922. The van der Waals surface area contributed by atoms with E-state index < -0.39 is 0 Å². The van der Waals surface area contributed by atoms with Crippen LogP contribution in [0.25, 0.3) is 0 Å². The molecule has 0 heterocycles. The third kappa shape index (κ3) is 3.77. The lowest BCUT2D eigenvalue weighted by molar-refractivity contribution is 0.210. The van der Waals surface area contributed by atoms with Gasteiger partial charge >= 0.3 is 0 Å². The molecule has 0 saturated heterocycles. The zero-order chi connectivity index (χ0) is 5.70. The fourth-order valence-corrected chi connectivity index (χ4v) is 0.448. The number of nitriles is 1. The van der Waals surface area contributed by atoms with E-state index in [0.29, 0.717) is 6.61 Å². The van der Waals surface area contributed by atoms with Crippen LogP contribution in [-0.4, -0.2) is 18.5 Å². The van der Waals surface area contributed by atoms with Crippen LogP contribution in [0, 0.1) is 11.3 Å². The van der Waals surface area contributed by atoms with Crippen molar-refractivity contribution in [2.45, 2.75) is 4.83 Å². The van der Waals surface area contributed by atoms with Crippen molar-refractivity contribution in [3.8, 4) is 6.07 Å². The van der Waals surface area contributed by atoms with Gasteiger partial charge in [0, 0.05) is 7.11 Å². The molecule has 0 aliphatic carbocycles. The van der Waals surface area contributed by atoms with Gasteiger partial charge in [0.25, 0.3) is 0 Å². The highest BCUT2D eigenvalue weighted by atomic mass is 79.9. The van der Waals surface area contributed by atoms with E-state index in [1.165, 1.54) is 0 Å². The number of nitrogens with zero attached hydrogens (tertiary/aromatic N) is 1. The fourth-order valence-electron chi connectivity index (χ4n) is 0.184. The number of ether oxygens (including phenoxy) is 1. The average Bonchev–Trinajstić information content (AvgIpc) is 1.68. The van der Waals surface area contributed by atoms with Crippen molar-refractivity contribution in [3.05, 3.63) is 0 Å². The molecule has 0 saturated carbocycles. The van der Waals surface area contributed by atoms with Crippen LogP contribution in [0.15, 0.2) is 0 Å². The van der Waals surface area contributed by atoms with Gasteiger partial charge in [0.1, 0.15) is 4.83 Å². The van der Waals surface area contributed by atoms with Gasteiger partial charge in [-0.25, -0.2) is 0 Å². The molecule has 0 aromatic carbocycles. The second-order valence-electron chi connectivity index (χ2n) is 1.05. The monoisotopic (exact) mass is 163 g/mol. The number of alkyl halides is 1. The van der Waals surface area contributed by atoms with E-state index in [-0.39, 0.29) is 4.83 Å². The Morgan fingerprint density at radius 2 is 2.57 bits per heavy atom. The van der Waals surface area contributed by atoms with Gasteiger partial charge in [0.05, 0.1) is 12.7 Å². The molecule has 0 radical (unpaired) electrons. The predicted molar refractivity (Wildman–Crippen MR) is 30.2 cm³/mol. The fraction of sp³-hybridized carbons (Fsp3) is 0.750. The Morgan fingerprint density at radius 3 is 2.71 bits per heavy atom. The minimum Gasteiger partial charge on any atom is -0.382 e. The average molecular weight is 164 g/mol. The van der Waals surface area contributed by atoms with Crippen molar-refractivity contribution >= 4 is 15.9 Å². The highest BCUT2D eigenvalue weighted by Crippen LogP contribution is 1.94. The molecule has 2 nitrogen and oxygen atoms in total. The van der Waals surface area contributed by atoms with Crippen LogP contribution in [-0.2, 0) is 4.74 Å². The zero-order valence-corrected chi connectivity index (χ0v) is 5.60. The normalized spacial score (nSPS) is 12.7. The maximum Gasteiger partial charge on any atom is 0.125 e. The molecule has 0 aromatic heterocycles. The van der Waals surface area contributed by atoms with Gasteiger partial charge in [0.2, 0.25) is 0 Å². The Hall–Kier alpha value is -0.0700. The summed E-state index contributed by atoms with van der Waals surface area (Å²) in [4.78, 5) is -0.155. The minimum absolute atomic E-state index is 0.155. The number of hydrogen-bond donors (Lipinski definition) is 0. The quantitative estimate of drug-likeness (QED) is 0.568. The van der Waals surface area contributed by atoms with Gasteiger partial charge in [0.15, 0.2) is 0 Å². The molecule has 7 heavy (non-hydrogen) atoms. The molecule has 3 heteroatoms. The zero-order valence-electron chi connectivity index (χ0n) is 4.02. The lowest BCUT2D eigenvalue weighted by Crippen LogP contribution is -2.01. The molecule has 0 spiro atoms. The summed E-state index contributed by atoms with van der Waals surface area (Å²) in [5.41, 5.74) is 0. The number of methoxy groups -OCH3 is 1. The summed E-state index contributed by atoms with van der Waals surface area (Å²) in [5.74, 6) is 0. The minimum atomic E-state index is -0.155. The largest absolute Gasteiger partial charge is 0.382 e. The molecule has 1 atom stereocenters. The SMILES string of the molecule is COCC(Br)C#N. The van der Waals surface area contributed by atoms with Crippen molar-refractivity contribution in [1.82, 2.24) is 0 Å². The van der Waals surface area contributed by atoms with Gasteiger partial charge in [-0.1, -0.05) is 15.9 Å². The summed E-state index contributed by atoms with van der Waals surface area (Å²) in [5, 5.41) is 8.09. The summed E-state index contributed by atoms with van der Waals surface area (Å²) < 4.78 is 4.63. The smallest absolute Gasteiger partial charge is 0.125 e. The Morgan fingerprint density at radius 1 is 2.00 bits per heavy atom. The molecule has 0 N–H and O–H groups in total. The molecule has 40 valence electrons. The summed E-state index contributed by atoms with van der Waals surface area (Å²) in [6.07, 6.45) is 0. The lowest BCUT2D eigenvalue weighted by atomic mass is 10.5. The molecule has 1 unspecified atom stereocenters. The van der Waals surface area contributed by atoms with E-state index in [4.69, 9.17) is 5.26 Å². The topological polar surface area (TPSA) is 33.0 Å². The van der Waals surface area contributed by atoms with Crippen molar-refractivity contribution in [2.24, 2.45) is 0 Å². The van der Waals surface area contributed by atoms with Gasteiger partial charge in [-0.15, -0.1) is 0 Å². The lowest BCUT2D eigenvalue weighted by Gasteiger charge is -1.93. The van der Waals surface area contributed by atoms with E-state index in [2.05, 4.69) is 20.7 Å². The van der Waals surface area contributed by atoms with E-state index in [1.54, 1.807) is 7.11 Å². The van der Waals surface area contributed by atoms with Crippen LogP contribution < -0.4 is 0 Å². The Kier molecular flexibility index (Phi) is 4.06. The van der Waals surface area contributed by atoms with E-state index in [1.807, 2.05) is 6.07 Å². The Bertz CT molecular complexity index is 78.2. The molecule has 0 fully saturated rings. The van der Waals surface area contributed by atoms with E-state index >= 15 is 0 Å². The molecule has 0 amide bonds. The summed E-state index contributed by atoms with van der Waals surface area (Å²) in [7, 11) is 1.56. The highest BCUT2D eigenvalue weighted by Gasteiger charge is 1.96. The van der Waals surface area contributed by atoms with Crippen LogP contribution in [0.3, 0.4) is 0 Å².